The van der Waals surface area contributed by atoms with Crippen LogP contribution in [-0.4, -0.2) is 12.0 Å². The molecule has 19 heavy (non-hydrogen) atoms. The molecule has 0 aliphatic rings. The molecule has 0 saturated heterocycles. The molecule has 3 nitrogen and oxygen atoms in total. The quantitative estimate of drug-likeness (QED) is 0.632. The smallest absolute Gasteiger partial charge is 0.125 e. The number of hydrogen-bond donors (Lipinski definition) is 2. The van der Waals surface area contributed by atoms with Gasteiger partial charge in [0.05, 0.1) is 0 Å². The van der Waals surface area contributed by atoms with Crippen molar-refractivity contribution in [3.05, 3.63) is 54.7 Å². The molecule has 0 aliphatic carbocycles. The van der Waals surface area contributed by atoms with Crippen LogP contribution >= 0.6 is 0 Å². The van der Waals surface area contributed by atoms with Gasteiger partial charge in [-0.2, -0.15) is 0 Å². The predicted molar refractivity (Wildman–Crippen MR) is 84.2 cm³/mol. The summed E-state index contributed by atoms with van der Waals surface area (Å²) in [6.07, 6.45) is 3.62. The van der Waals surface area contributed by atoms with Crippen molar-refractivity contribution < 1.29 is 0 Å². The van der Waals surface area contributed by atoms with Crippen LogP contribution in [-0.2, 0) is 0 Å². The van der Waals surface area contributed by atoms with Gasteiger partial charge in [-0.05, 0) is 49.2 Å². The van der Waals surface area contributed by atoms with E-state index in [1.165, 1.54) is 11.1 Å². The van der Waals surface area contributed by atoms with Crippen LogP contribution in [0.3, 0.4) is 0 Å². The van der Waals surface area contributed by atoms with E-state index in [0.29, 0.717) is 0 Å². The molecular formula is C16H21N3. The molecule has 2 aromatic rings. The Morgan fingerprint density at radius 1 is 1.26 bits per heavy atom. The van der Waals surface area contributed by atoms with E-state index in [1.54, 1.807) is 6.08 Å². The molecule has 0 aliphatic heterocycles. The fraction of sp³-hybridized carbons (Fsp3) is 0.188. The van der Waals surface area contributed by atoms with Gasteiger partial charge in [0.15, 0.2) is 0 Å². The summed E-state index contributed by atoms with van der Waals surface area (Å²) in [4.78, 5) is 4.29. The number of pyridine rings is 1. The summed E-state index contributed by atoms with van der Waals surface area (Å²) in [5.74, 6) is 0.872. The van der Waals surface area contributed by atoms with E-state index in [9.17, 15) is 0 Å². The zero-order valence-electron chi connectivity index (χ0n) is 11.8. The molecule has 0 spiro atoms. The predicted octanol–water partition coefficient (Wildman–Crippen LogP) is 3.87. The number of aromatic nitrogens is 1. The van der Waals surface area contributed by atoms with Gasteiger partial charge in [0, 0.05) is 24.5 Å². The van der Waals surface area contributed by atoms with Crippen molar-refractivity contribution in [2.24, 2.45) is 0 Å². The first-order chi connectivity index (χ1) is 9.12. The Kier molecular flexibility index (Phi) is 5.61. The molecule has 0 saturated carbocycles. The summed E-state index contributed by atoms with van der Waals surface area (Å²) in [5.41, 5.74) is 9.96. The van der Waals surface area contributed by atoms with E-state index in [1.807, 2.05) is 44.4 Å². The number of allylic oxidation sites excluding steroid dienone is 1. The molecule has 0 bridgehead atoms. The third-order valence-electron chi connectivity index (χ3n) is 2.58. The molecule has 0 amide bonds. The maximum Gasteiger partial charge on any atom is 0.125 e. The van der Waals surface area contributed by atoms with Gasteiger partial charge in [0.25, 0.3) is 0 Å². The average molecular weight is 255 g/mol. The Morgan fingerprint density at radius 2 is 1.95 bits per heavy atom. The van der Waals surface area contributed by atoms with Crippen LogP contribution < -0.4 is 11.1 Å². The highest BCUT2D eigenvalue weighted by Crippen LogP contribution is 2.24. The number of nitrogens with zero attached hydrogens (tertiary/aromatic N) is 1. The van der Waals surface area contributed by atoms with Gasteiger partial charge >= 0.3 is 0 Å². The summed E-state index contributed by atoms with van der Waals surface area (Å²) in [6.45, 7) is 7.30. The molecule has 0 fully saturated rings. The van der Waals surface area contributed by atoms with E-state index >= 15 is 0 Å². The minimum atomic E-state index is 0.793. The molecule has 3 N–H and O–H groups in total. The van der Waals surface area contributed by atoms with Crippen molar-refractivity contribution in [2.75, 3.05) is 18.1 Å². The lowest BCUT2D eigenvalue weighted by Crippen LogP contribution is -1.92. The monoisotopic (exact) mass is 255 g/mol. The number of nitrogens with two attached hydrogens (primary N) is 1. The van der Waals surface area contributed by atoms with Gasteiger partial charge in [-0.25, -0.2) is 4.98 Å². The minimum absolute atomic E-state index is 0.793. The van der Waals surface area contributed by atoms with Gasteiger partial charge in [0.2, 0.25) is 0 Å². The van der Waals surface area contributed by atoms with Crippen molar-refractivity contribution in [2.45, 2.75) is 13.8 Å². The Labute approximate surface area is 115 Å². The summed E-state index contributed by atoms with van der Waals surface area (Å²) in [7, 11) is 1.86. The maximum absolute atomic E-state index is 5.73. The van der Waals surface area contributed by atoms with Gasteiger partial charge in [-0.1, -0.05) is 12.1 Å². The first kappa shape index (κ1) is 14.8. The van der Waals surface area contributed by atoms with Crippen LogP contribution in [0, 0.1) is 6.92 Å². The van der Waals surface area contributed by atoms with Crippen molar-refractivity contribution in [1.29, 1.82) is 0 Å². The second kappa shape index (κ2) is 7.21. The highest BCUT2D eigenvalue weighted by Gasteiger charge is 2.02. The third-order valence-corrected chi connectivity index (χ3v) is 2.58. The first-order valence-corrected chi connectivity index (χ1v) is 6.19. The molecular weight excluding hydrogens is 234 g/mol. The Bertz CT molecular complexity index is 530. The average Bonchev–Trinajstić information content (AvgIpc) is 2.40. The van der Waals surface area contributed by atoms with E-state index in [0.717, 1.165) is 17.1 Å². The van der Waals surface area contributed by atoms with Gasteiger partial charge in [-0.3, -0.25) is 0 Å². The lowest BCUT2D eigenvalue weighted by molar-refractivity contribution is 1.28. The molecule has 1 heterocycles. The molecule has 3 heteroatoms. The molecule has 100 valence electrons. The molecule has 0 atom stereocenters. The van der Waals surface area contributed by atoms with Crippen LogP contribution in [0.25, 0.3) is 11.1 Å². The topological polar surface area (TPSA) is 50.9 Å². The summed E-state index contributed by atoms with van der Waals surface area (Å²) < 4.78 is 0. The largest absolute Gasteiger partial charge is 0.399 e. The molecule has 0 unspecified atom stereocenters. The van der Waals surface area contributed by atoms with Crippen LogP contribution in [0.5, 0.6) is 0 Å². The number of anilines is 2. The number of nitrogens with one attached hydrogen (secondary N) is 1. The summed E-state index contributed by atoms with van der Waals surface area (Å²) in [5, 5.41) is 3.00. The second-order valence-corrected chi connectivity index (χ2v) is 4.16. The Morgan fingerprint density at radius 3 is 2.42 bits per heavy atom. The second-order valence-electron chi connectivity index (χ2n) is 4.16. The van der Waals surface area contributed by atoms with Gasteiger partial charge in [0.1, 0.15) is 5.82 Å². The summed E-state index contributed by atoms with van der Waals surface area (Å²) >= 11 is 0. The van der Waals surface area contributed by atoms with Crippen molar-refractivity contribution in [3.8, 4) is 11.1 Å². The first-order valence-electron chi connectivity index (χ1n) is 6.19. The SMILES string of the molecule is C=CC.CNc1ccc(-c2ccc(N)cc2C)cn1. The lowest BCUT2D eigenvalue weighted by atomic mass is 10.0. The van der Waals surface area contributed by atoms with Crippen LogP contribution in [0.15, 0.2) is 49.2 Å². The lowest BCUT2D eigenvalue weighted by Gasteiger charge is -2.07. The standard InChI is InChI=1S/C13H15N3.C3H6/c1-9-7-11(14)4-5-12(9)10-3-6-13(15-2)16-8-10;1-3-2/h3-8H,14H2,1-2H3,(H,15,16);3H,1H2,2H3. The van der Waals surface area contributed by atoms with Crippen LogP contribution in [0.1, 0.15) is 12.5 Å². The number of benzene rings is 1. The van der Waals surface area contributed by atoms with Crippen molar-refractivity contribution in [1.82, 2.24) is 4.98 Å². The van der Waals surface area contributed by atoms with Gasteiger partial charge < -0.3 is 11.1 Å². The third kappa shape index (κ3) is 4.14. The fourth-order valence-electron chi connectivity index (χ4n) is 1.71. The van der Waals surface area contributed by atoms with E-state index < -0.39 is 0 Å². The Hall–Kier alpha value is -2.29. The van der Waals surface area contributed by atoms with Crippen LogP contribution in [0.2, 0.25) is 0 Å². The maximum atomic E-state index is 5.73. The minimum Gasteiger partial charge on any atom is -0.399 e. The normalized spacial score (nSPS) is 9.21. The highest BCUT2D eigenvalue weighted by atomic mass is 14.9. The van der Waals surface area contributed by atoms with E-state index in [4.69, 9.17) is 5.73 Å². The van der Waals surface area contributed by atoms with E-state index in [2.05, 4.69) is 29.9 Å². The number of aryl methyl sites for hydroxylation is 1. The number of hydrogen-bond acceptors (Lipinski definition) is 3. The number of nitrogen functional groups attached to an aromatic ring is 1. The zero-order chi connectivity index (χ0) is 14.3. The van der Waals surface area contributed by atoms with E-state index in [-0.39, 0.29) is 0 Å². The molecule has 0 radical (unpaired) electrons. The zero-order valence-corrected chi connectivity index (χ0v) is 11.8. The van der Waals surface area contributed by atoms with Gasteiger partial charge in [-0.15, -0.1) is 6.58 Å². The van der Waals surface area contributed by atoms with Crippen LogP contribution in [0.4, 0.5) is 11.5 Å². The molecule has 1 aromatic carbocycles. The molecule has 2 rings (SSSR count). The molecule has 1 aromatic heterocycles. The summed E-state index contributed by atoms with van der Waals surface area (Å²) in [6, 6.07) is 9.93. The number of rotatable bonds is 2. The highest BCUT2D eigenvalue weighted by molar-refractivity contribution is 5.69. The Balaban J connectivity index is 0.000000550. The van der Waals surface area contributed by atoms with Crippen molar-refractivity contribution in [3.63, 3.8) is 0 Å². The van der Waals surface area contributed by atoms with Crippen molar-refractivity contribution >= 4 is 11.5 Å². The fourth-order valence-corrected chi connectivity index (χ4v) is 1.71.